The van der Waals surface area contributed by atoms with Crippen molar-refractivity contribution in [2.75, 3.05) is 0 Å². The van der Waals surface area contributed by atoms with E-state index in [0.29, 0.717) is 22.3 Å². The molecule has 1 aliphatic rings. The van der Waals surface area contributed by atoms with Gasteiger partial charge in [-0.1, -0.05) is 53.5 Å². The minimum absolute atomic E-state index is 0.0256. The van der Waals surface area contributed by atoms with Gasteiger partial charge in [0.2, 0.25) is 0 Å². The summed E-state index contributed by atoms with van der Waals surface area (Å²) in [6.07, 6.45) is 4.38. The maximum Gasteiger partial charge on any atom is 0.336 e. The second-order valence-corrected chi connectivity index (χ2v) is 6.35. The molecule has 0 heterocycles. The highest BCUT2D eigenvalue weighted by Gasteiger charge is 2.20. The van der Waals surface area contributed by atoms with Crippen molar-refractivity contribution in [2.24, 2.45) is 0 Å². The molecular weight excluding hydrogens is 375 g/mol. The molecule has 6 heteroatoms. The zero-order chi connectivity index (χ0) is 18.8. The molecule has 0 spiro atoms. The Kier molecular flexibility index (Phi) is 4.98. The number of ketones is 1. The predicted molar refractivity (Wildman–Crippen MR) is 101 cm³/mol. The molecule has 0 aliphatic heterocycles. The van der Waals surface area contributed by atoms with Crippen LogP contribution < -0.4 is 0 Å². The molecule has 0 atom stereocenters. The van der Waals surface area contributed by atoms with Crippen molar-refractivity contribution in [3.8, 4) is 5.75 Å². The lowest BCUT2D eigenvalue weighted by Gasteiger charge is -2.16. The first kappa shape index (κ1) is 18.0. The van der Waals surface area contributed by atoms with Crippen molar-refractivity contribution < 1.29 is 19.8 Å². The summed E-state index contributed by atoms with van der Waals surface area (Å²) in [6.45, 7) is 0. The van der Waals surface area contributed by atoms with Gasteiger partial charge >= 0.3 is 5.97 Å². The van der Waals surface area contributed by atoms with E-state index in [2.05, 4.69) is 0 Å². The van der Waals surface area contributed by atoms with Crippen LogP contribution in [0, 0.1) is 0 Å². The Morgan fingerprint density at radius 1 is 0.962 bits per heavy atom. The molecule has 26 heavy (non-hydrogen) atoms. The van der Waals surface area contributed by atoms with Gasteiger partial charge in [0.15, 0.2) is 5.78 Å². The van der Waals surface area contributed by atoms with Crippen molar-refractivity contribution in [3.05, 3.63) is 93.0 Å². The van der Waals surface area contributed by atoms with Crippen molar-refractivity contribution in [1.29, 1.82) is 0 Å². The summed E-state index contributed by atoms with van der Waals surface area (Å²) < 4.78 is 0. The molecule has 0 unspecified atom stereocenters. The lowest BCUT2D eigenvalue weighted by molar-refractivity contribution is -0.110. The third-order valence-corrected chi connectivity index (χ3v) is 4.48. The number of benzene rings is 2. The zero-order valence-corrected chi connectivity index (χ0v) is 14.8. The van der Waals surface area contributed by atoms with Crippen LogP contribution in [0.3, 0.4) is 0 Å². The van der Waals surface area contributed by atoms with Crippen LogP contribution in [0.5, 0.6) is 5.75 Å². The smallest absolute Gasteiger partial charge is 0.336 e. The van der Waals surface area contributed by atoms with Crippen LogP contribution in [-0.2, 0) is 4.79 Å². The van der Waals surface area contributed by atoms with Crippen molar-refractivity contribution in [2.45, 2.75) is 0 Å². The van der Waals surface area contributed by atoms with Gasteiger partial charge in [-0.2, -0.15) is 0 Å². The standard InChI is InChI=1S/C20H12Cl2O4/c21-15-9-11(5-7-17(15)23)19(12-6-8-18(24)16(22)10-12)13-3-1-2-4-14(13)20(25)26/h1-10,23H,(H,25,26)/b19-12-. The molecule has 0 amide bonds. The topological polar surface area (TPSA) is 74.6 Å². The quantitative estimate of drug-likeness (QED) is 0.793. The first-order valence-corrected chi connectivity index (χ1v) is 8.29. The Labute approximate surface area is 159 Å². The van der Waals surface area contributed by atoms with Gasteiger partial charge in [0.05, 0.1) is 15.6 Å². The van der Waals surface area contributed by atoms with Crippen LogP contribution in [0.25, 0.3) is 5.57 Å². The van der Waals surface area contributed by atoms with Gasteiger partial charge in [-0.15, -0.1) is 0 Å². The number of hydrogen-bond acceptors (Lipinski definition) is 3. The third kappa shape index (κ3) is 3.43. The summed E-state index contributed by atoms with van der Waals surface area (Å²) >= 11 is 12.0. The Balaban J connectivity index is 2.35. The number of halogens is 2. The predicted octanol–water partition coefficient (Wildman–Crippen LogP) is 4.81. The van der Waals surface area contributed by atoms with E-state index in [-0.39, 0.29) is 27.2 Å². The Morgan fingerprint density at radius 2 is 1.65 bits per heavy atom. The Hall–Kier alpha value is -2.82. The Bertz CT molecular complexity index is 1020. The molecule has 2 aromatic rings. The van der Waals surface area contributed by atoms with Crippen LogP contribution in [0.15, 0.2) is 71.3 Å². The average molecular weight is 387 g/mol. The number of aromatic carboxylic acids is 1. The van der Waals surface area contributed by atoms with Gasteiger partial charge in [0.25, 0.3) is 0 Å². The normalized spacial score (nSPS) is 15.6. The number of aromatic hydroxyl groups is 1. The summed E-state index contributed by atoms with van der Waals surface area (Å²) in [5.74, 6) is -1.51. The number of carbonyl (C=O) groups excluding carboxylic acids is 1. The number of rotatable bonds is 3. The number of carboxylic acid groups (broad SMARTS) is 1. The van der Waals surface area contributed by atoms with Gasteiger partial charge in [0.1, 0.15) is 5.75 Å². The fraction of sp³-hybridized carbons (Fsp3) is 0. The van der Waals surface area contributed by atoms with E-state index >= 15 is 0 Å². The van der Waals surface area contributed by atoms with E-state index in [1.54, 1.807) is 30.3 Å². The summed E-state index contributed by atoms with van der Waals surface area (Å²) in [5, 5.41) is 19.4. The minimum Gasteiger partial charge on any atom is -0.506 e. The van der Waals surface area contributed by atoms with E-state index in [1.165, 1.54) is 30.4 Å². The second kappa shape index (κ2) is 7.20. The van der Waals surface area contributed by atoms with Crippen molar-refractivity contribution in [3.63, 3.8) is 0 Å². The van der Waals surface area contributed by atoms with Crippen LogP contribution in [0.4, 0.5) is 0 Å². The van der Waals surface area contributed by atoms with Crippen LogP contribution in [0.2, 0.25) is 5.02 Å². The maximum atomic E-state index is 11.7. The number of phenols is 1. The zero-order valence-electron chi connectivity index (χ0n) is 13.2. The van der Waals surface area contributed by atoms with Gasteiger partial charge < -0.3 is 10.2 Å². The summed E-state index contributed by atoms with van der Waals surface area (Å²) in [7, 11) is 0. The molecule has 0 aromatic heterocycles. The molecule has 3 rings (SSSR count). The van der Waals surface area contributed by atoms with E-state index in [4.69, 9.17) is 23.2 Å². The summed E-state index contributed by atoms with van der Waals surface area (Å²) in [4.78, 5) is 23.3. The highest BCUT2D eigenvalue weighted by atomic mass is 35.5. The van der Waals surface area contributed by atoms with E-state index < -0.39 is 5.97 Å². The molecule has 0 fully saturated rings. The molecule has 2 aromatic carbocycles. The maximum absolute atomic E-state index is 11.7. The summed E-state index contributed by atoms with van der Waals surface area (Å²) in [6, 6.07) is 11.1. The molecule has 0 saturated carbocycles. The number of hydrogen-bond donors (Lipinski definition) is 2. The molecule has 0 saturated heterocycles. The van der Waals surface area contributed by atoms with E-state index in [0.717, 1.165) is 0 Å². The fourth-order valence-electron chi connectivity index (χ4n) is 2.68. The number of carbonyl (C=O) groups is 2. The molecule has 0 radical (unpaired) electrons. The molecule has 130 valence electrons. The van der Waals surface area contributed by atoms with E-state index in [1.807, 2.05) is 0 Å². The lowest BCUT2D eigenvalue weighted by Crippen LogP contribution is -2.05. The van der Waals surface area contributed by atoms with Gasteiger partial charge in [-0.05, 0) is 52.6 Å². The Morgan fingerprint density at radius 3 is 2.27 bits per heavy atom. The second-order valence-electron chi connectivity index (χ2n) is 5.54. The highest BCUT2D eigenvalue weighted by molar-refractivity contribution is 6.45. The van der Waals surface area contributed by atoms with E-state index in [9.17, 15) is 19.8 Å². The average Bonchev–Trinajstić information content (AvgIpc) is 2.61. The highest BCUT2D eigenvalue weighted by Crippen LogP contribution is 2.36. The molecule has 4 nitrogen and oxygen atoms in total. The van der Waals surface area contributed by atoms with Crippen molar-refractivity contribution in [1.82, 2.24) is 0 Å². The largest absolute Gasteiger partial charge is 0.506 e. The van der Waals surface area contributed by atoms with Gasteiger partial charge in [-0.25, -0.2) is 4.79 Å². The number of carboxylic acids is 1. The van der Waals surface area contributed by atoms with Crippen molar-refractivity contribution >= 4 is 40.5 Å². The SMILES string of the molecule is O=C1C=C/C(=C(\c2ccc(O)c(Cl)c2)c2ccccc2C(=O)O)C=C1Cl. The first-order valence-electron chi connectivity index (χ1n) is 7.54. The lowest BCUT2D eigenvalue weighted by atomic mass is 9.88. The molecule has 1 aliphatic carbocycles. The monoisotopic (exact) mass is 386 g/mol. The minimum atomic E-state index is -1.09. The van der Waals surface area contributed by atoms with Crippen LogP contribution >= 0.6 is 23.2 Å². The molecular formula is C20H12Cl2O4. The van der Waals surface area contributed by atoms with Gasteiger partial charge in [0, 0.05) is 0 Å². The number of phenolic OH excluding ortho intramolecular Hbond substituents is 1. The molecule has 0 bridgehead atoms. The fourth-order valence-corrected chi connectivity index (χ4v) is 3.05. The van der Waals surface area contributed by atoms with Crippen LogP contribution in [0.1, 0.15) is 21.5 Å². The van der Waals surface area contributed by atoms with Gasteiger partial charge in [-0.3, -0.25) is 4.79 Å². The number of allylic oxidation sites excluding steroid dienone is 5. The van der Waals surface area contributed by atoms with Crippen LogP contribution in [-0.4, -0.2) is 22.0 Å². The first-order chi connectivity index (χ1) is 12.4. The third-order valence-electron chi connectivity index (χ3n) is 3.88. The molecule has 2 N–H and O–H groups in total. The summed E-state index contributed by atoms with van der Waals surface area (Å²) in [5.41, 5.74) is 2.21.